The van der Waals surface area contributed by atoms with E-state index >= 15 is 0 Å². The molecule has 0 radical (unpaired) electrons. The zero-order valence-electron chi connectivity index (χ0n) is 41.2. The predicted molar refractivity (Wildman–Crippen MR) is 261 cm³/mol. The monoisotopic (exact) mass is 876 g/mol. The first-order valence-corrected chi connectivity index (χ1v) is 23.3. The van der Waals surface area contributed by atoms with E-state index in [0.717, 1.165) is 58.4 Å². The van der Waals surface area contributed by atoms with Crippen LogP contribution in [0.4, 0.5) is 0 Å². The summed E-state index contributed by atoms with van der Waals surface area (Å²) in [5.74, 6) is 0.0977. The van der Waals surface area contributed by atoms with E-state index in [9.17, 15) is 19.2 Å². The van der Waals surface area contributed by atoms with E-state index in [1.165, 1.54) is 93.5 Å². The second kappa shape index (κ2) is 53.2. The number of aldehydes is 2. The van der Waals surface area contributed by atoms with E-state index in [-0.39, 0.29) is 24.7 Å². The Balaban J connectivity index is -0.000000236. The molecular weight excluding hydrogens is 783 g/mol. The molecule has 62 heavy (non-hydrogen) atoms. The number of ether oxygens (including phenoxy) is 2. The van der Waals surface area contributed by atoms with Crippen LogP contribution in [0.15, 0.2) is 48.5 Å². The van der Waals surface area contributed by atoms with Gasteiger partial charge in [-0.3, -0.25) is 14.4 Å². The normalized spacial score (nSPS) is 10.1. The van der Waals surface area contributed by atoms with Crippen LogP contribution in [-0.4, -0.2) is 76.0 Å². The topological polar surface area (TPSA) is 188 Å². The summed E-state index contributed by atoms with van der Waals surface area (Å²) in [5, 5.41) is 9.80. The molecule has 2 amide bonds. The van der Waals surface area contributed by atoms with Crippen molar-refractivity contribution in [2.75, 3.05) is 34.4 Å². The lowest BCUT2D eigenvalue weighted by Gasteiger charge is -2.19. The van der Waals surface area contributed by atoms with E-state index in [2.05, 4.69) is 72.2 Å². The summed E-state index contributed by atoms with van der Waals surface area (Å²) in [5.41, 5.74) is 13.7. The lowest BCUT2D eigenvalue weighted by Crippen LogP contribution is -2.25. The number of hydrogen-bond donors (Lipinski definition) is 4. The molecule has 360 valence electrons. The van der Waals surface area contributed by atoms with Crippen LogP contribution in [0.2, 0.25) is 0 Å². The molecule has 0 atom stereocenters. The number of carbonyl (C=O) groups is 5. The first-order valence-electron chi connectivity index (χ1n) is 23.3. The molecule has 0 spiro atoms. The number of nitrogens with one attached hydrogen (secondary N) is 1. The van der Waals surface area contributed by atoms with Crippen LogP contribution >= 0.6 is 0 Å². The number of aliphatic hydroxyl groups excluding tert-OH is 1. The van der Waals surface area contributed by atoms with Crippen LogP contribution in [0.1, 0.15) is 194 Å². The molecule has 2 aromatic rings. The molecule has 1 aliphatic carbocycles. The Morgan fingerprint density at radius 1 is 0.661 bits per heavy atom. The third kappa shape index (κ3) is 41.4. The molecule has 0 heterocycles. The zero-order chi connectivity index (χ0) is 48.3. The molecule has 11 heteroatoms. The Bertz CT molecular complexity index is 1240. The van der Waals surface area contributed by atoms with Crippen molar-refractivity contribution in [3.05, 3.63) is 59.7 Å². The molecule has 0 unspecified atom stereocenters. The summed E-state index contributed by atoms with van der Waals surface area (Å²) in [6.07, 6.45) is 22.2. The fourth-order valence-corrected chi connectivity index (χ4v) is 6.13. The lowest BCUT2D eigenvalue weighted by molar-refractivity contribution is -0.155. The summed E-state index contributed by atoms with van der Waals surface area (Å²) in [7, 11) is 4.27. The molecule has 0 aliphatic heterocycles. The maximum absolute atomic E-state index is 11.5. The maximum atomic E-state index is 11.5. The number of primary amides is 1. The number of amides is 2. The molecule has 0 bridgehead atoms. The van der Waals surface area contributed by atoms with Crippen molar-refractivity contribution in [1.82, 2.24) is 5.32 Å². The van der Waals surface area contributed by atoms with Gasteiger partial charge in [0, 0.05) is 52.4 Å². The van der Waals surface area contributed by atoms with Crippen LogP contribution in [0.25, 0.3) is 11.1 Å². The van der Waals surface area contributed by atoms with Crippen molar-refractivity contribution < 1.29 is 38.6 Å². The van der Waals surface area contributed by atoms with E-state index in [1.54, 1.807) is 7.11 Å². The highest BCUT2D eigenvalue weighted by Crippen LogP contribution is 2.44. The van der Waals surface area contributed by atoms with Crippen molar-refractivity contribution in [1.29, 1.82) is 0 Å². The standard InChI is InChI=1S/C15H27NO4.C15H14O.C14H28O.2C2H6.CH3NO.CH5N.CH4O/c1-15(2,3)20-14(19)10-8-9-13(18)16-11-6-4-5-7-12-17;1-16-10-15-13-8-4-2-6-11(13)12-7-3-5-9-14(12)15;1-2-3-4-5-6-7-8-9-10-11-12-13-14-15;2*1-2;2-1-3;2*1-2/h12H,4-11H2,1-3H3,(H,16,18);2-9,15H,10H2,1H3;14H,2-13H2,1H3;2*1-2H3;1H,(H2,2,3);2H2,1H3;2H,1H3. The van der Waals surface area contributed by atoms with Gasteiger partial charge in [0.05, 0.1) is 6.61 Å². The third-order valence-corrected chi connectivity index (χ3v) is 8.75. The van der Waals surface area contributed by atoms with E-state index in [1.807, 2.05) is 48.5 Å². The summed E-state index contributed by atoms with van der Waals surface area (Å²) in [6, 6.07) is 17.2. The number of rotatable bonds is 24. The highest BCUT2D eigenvalue weighted by Gasteiger charge is 2.27. The van der Waals surface area contributed by atoms with E-state index < -0.39 is 5.60 Å². The first-order chi connectivity index (χ1) is 30.1. The third-order valence-electron chi connectivity index (χ3n) is 8.75. The fraction of sp³-hybridized carbons (Fsp3) is 0.667. The van der Waals surface area contributed by atoms with Crippen molar-refractivity contribution in [3.8, 4) is 11.1 Å². The van der Waals surface area contributed by atoms with Crippen molar-refractivity contribution in [2.45, 2.75) is 189 Å². The average molecular weight is 876 g/mol. The molecule has 0 saturated heterocycles. The molecule has 11 nitrogen and oxygen atoms in total. The second-order valence-electron chi connectivity index (χ2n) is 14.6. The van der Waals surface area contributed by atoms with Gasteiger partial charge in [-0.05, 0) is 75.8 Å². The number of esters is 1. The Kier molecular flexibility index (Phi) is 57.6. The minimum Gasteiger partial charge on any atom is -0.460 e. The van der Waals surface area contributed by atoms with E-state index in [0.29, 0.717) is 31.7 Å². The Labute approximate surface area is 379 Å². The van der Waals surface area contributed by atoms with Gasteiger partial charge in [-0.1, -0.05) is 154 Å². The summed E-state index contributed by atoms with van der Waals surface area (Å²) in [6.45, 7) is 17.1. The van der Waals surface area contributed by atoms with Crippen LogP contribution in [0.5, 0.6) is 0 Å². The Morgan fingerprint density at radius 3 is 1.44 bits per heavy atom. The number of carbonyl (C=O) groups excluding carboxylic acids is 5. The molecule has 6 N–H and O–H groups in total. The number of fused-ring (bicyclic) bond motifs is 3. The van der Waals surface area contributed by atoms with Crippen LogP contribution in [0.3, 0.4) is 0 Å². The average Bonchev–Trinajstić information content (AvgIpc) is 3.60. The number of methoxy groups -OCH3 is 1. The quantitative estimate of drug-likeness (QED) is 0.0452. The summed E-state index contributed by atoms with van der Waals surface area (Å²) >= 11 is 0. The first kappa shape index (κ1) is 67.2. The van der Waals surface area contributed by atoms with Gasteiger partial charge in [-0.2, -0.15) is 0 Å². The minimum atomic E-state index is -0.471. The summed E-state index contributed by atoms with van der Waals surface area (Å²) < 4.78 is 10.5. The van der Waals surface area contributed by atoms with Crippen LogP contribution < -0.4 is 16.8 Å². The second-order valence-corrected chi connectivity index (χ2v) is 14.6. The molecule has 0 fully saturated rings. The summed E-state index contributed by atoms with van der Waals surface area (Å²) in [4.78, 5) is 51.6. The highest BCUT2D eigenvalue weighted by atomic mass is 16.6. The highest BCUT2D eigenvalue weighted by molar-refractivity contribution is 5.79. The van der Waals surface area contributed by atoms with Gasteiger partial charge < -0.3 is 41.0 Å². The van der Waals surface area contributed by atoms with Gasteiger partial charge in [-0.15, -0.1) is 0 Å². The van der Waals surface area contributed by atoms with Gasteiger partial charge in [-0.25, -0.2) is 0 Å². The number of hydrogen-bond acceptors (Lipinski definition) is 9. The van der Waals surface area contributed by atoms with Gasteiger partial charge in [0.15, 0.2) is 0 Å². The minimum absolute atomic E-state index is 0.0380. The van der Waals surface area contributed by atoms with Crippen LogP contribution in [-0.2, 0) is 33.4 Å². The Hall–Kier alpha value is -3.93. The number of benzene rings is 2. The van der Waals surface area contributed by atoms with Crippen molar-refractivity contribution in [2.24, 2.45) is 11.5 Å². The molecule has 1 aliphatic rings. The molecule has 3 rings (SSSR count). The number of aliphatic hydroxyl groups is 1. The maximum Gasteiger partial charge on any atom is 0.306 e. The van der Waals surface area contributed by atoms with Crippen LogP contribution in [0, 0.1) is 0 Å². The van der Waals surface area contributed by atoms with Crippen molar-refractivity contribution in [3.63, 3.8) is 0 Å². The van der Waals surface area contributed by atoms with Gasteiger partial charge in [0.2, 0.25) is 12.3 Å². The van der Waals surface area contributed by atoms with Gasteiger partial charge in [0.1, 0.15) is 18.2 Å². The Morgan fingerprint density at radius 2 is 1.05 bits per heavy atom. The number of unbranched alkanes of at least 4 members (excludes halogenated alkanes) is 14. The number of nitrogens with two attached hydrogens (primary N) is 2. The van der Waals surface area contributed by atoms with E-state index in [4.69, 9.17) is 19.4 Å². The molecule has 0 saturated carbocycles. The smallest absolute Gasteiger partial charge is 0.306 e. The largest absolute Gasteiger partial charge is 0.460 e. The molecule has 2 aromatic carbocycles. The molecular formula is C51H93N3O8. The SMILES string of the molecule is CC.CC.CC(C)(C)OC(=O)CCCC(=O)NCCCCCC=O.CCCCCCCCCCCCCC=O.CN.CO.COCC1c2ccccc2-c2ccccc21.NC=O. The predicted octanol–water partition coefficient (Wildman–Crippen LogP) is 11.0. The van der Waals surface area contributed by atoms with Gasteiger partial charge >= 0.3 is 5.97 Å². The lowest BCUT2D eigenvalue weighted by atomic mass is 9.98. The van der Waals surface area contributed by atoms with Crippen molar-refractivity contribution >= 4 is 30.9 Å². The fourth-order valence-electron chi connectivity index (χ4n) is 6.13. The molecule has 0 aromatic heterocycles. The zero-order valence-corrected chi connectivity index (χ0v) is 41.2. The van der Waals surface area contributed by atoms with Gasteiger partial charge in [0.25, 0.3) is 0 Å².